The first-order valence-electron chi connectivity index (χ1n) is 7.51. The summed E-state index contributed by atoms with van der Waals surface area (Å²) in [5.74, 6) is 0. The van der Waals surface area contributed by atoms with Crippen molar-refractivity contribution < 1.29 is 4.90 Å². The molecule has 1 aliphatic rings. The van der Waals surface area contributed by atoms with Crippen molar-refractivity contribution in [3.8, 4) is 0 Å². The minimum absolute atomic E-state index is 1.16. The number of anilines is 1. The highest BCUT2D eigenvalue weighted by atomic mass is 15.3. The molecule has 0 spiro atoms. The van der Waals surface area contributed by atoms with Gasteiger partial charge in [-0.25, -0.2) is 0 Å². The van der Waals surface area contributed by atoms with E-state index in [9.17, 15) is 0 Å². The molecule has 2 nitrogen and oxygen atoms in total. The zero-order chi connectivity index (χ0) is 13.8. The van der Waals surface area contributed by atoms with Crippen molar-refractivity contribution in [2.45, 2.75) is 13.5 Å². The molecular formula is C18H23N2+. The Labute approximate surface area is 121 Å². The number of hydrogen-bond donors (Lipinski definition) is 1. The summed E-state index contributed by atoms with van der Waals surface area (Å²) < 4.78 is 0. The molecule has 0 saturated carbocycles. The number of nitrogens with one attached hydrogen (secondary N) is 1. The maximum Gasteiger partial charge on any atom is 0.103 e. The van der Waals surface area contributed by atoms with Crippen LogP contribution in [0.2, 0.25) is 0 Å². The Bertz CT molecular complexity index is 542. The van der Waals surface area contributed by atoms with Gasteiger partial charge < -0.3 is 9.80 Å². The van der Waals surface area contributed by atoms with Gasteiger partial charge in [0.25, 0.3) is 0 Å². The molecule has 0 amide bonds. The summed E-state index contributed by atoms with van der Waals surface area (Å²) in [7, 11) is 0. The standard InChI is InChI=1S/C18H22N2/c1-16-7-5-6-8-17(16)15-19-11-13-20(14-12-19)18-9-3-2-4-10-18/h2-10H,11-15H2,1H3/p+1. The van der Waals surface area contributed by atoms with Gasteiger partial charge in [-0.1, -0.05) is 42.5 Å². The number of nitrogens with zero attached hydrogens (tertiary/aromatic N) is 1. The third kappa shape index (κ3) is 3.02. The zero-order valence-corrected chi connectivity index (χ0v) is 12.2. The van der Waals surface area contributed by atoms with E-state index in [0.717, 1.165) is 19.6 Å². The number of aryl methyl sites for hydroxylation is 1. The fourth-order valence-electron chi connectivity index (χ4n) is 2.97. The Kier molecular flexibility index (Phi) is 4.03. The third-order valence-corrected chi connectivity index (χ3v) is 4.29. The van der Waals surface area contributed by atoms with E-state index < -0.39 is 0 Å². The molecule has 0 bridgehead atoms. The van der Waals surface area contributed by atoms with E-state index in [4.69, 9.17) is 0 Å². The van der Waals surface area contributed by atoms with Crippen molar-refractivity contribution >= 4 is 5.69 Å². The van der Waals surface area contributed by atoms with Crippen LogP contribution in [0.1, 0.15) is 11.1 Å². The molecule has 0 unspecified atom stereocenters. The molecule has 2 heteroatoms. The number of rotatable bonds is 3. The summed E-state index contributed by atoms with van der Waals surface area (Å²) in [5.41, 5.74) is 4.28. The van der Waals surface area contributed by atoms with Gasteiger partial charge in [-0.15, -0.1) is 0 Å². The van der Waals surface area contributed by atoms with Crippen LogP contribution in [0, 0.1) is 6.92 Å². The summed E-state index contributed by atoms with van der Waals surface area (Å²) in [6.07, 6.45) is 0. The van der Waals surface area contributed by atoms with Crippen molar-refractivity contribution in [2.75, 3.05) is 31.1 Å². The molecule has 1 fully saturated rings. The molecule has 2 aromatic rings. The average molecular weight is 267 g/mol. The average Bonchev–Trinajstić information content (AvgIpc) is 2.51. The highest BCUT2D eigenvalue weighted by Gasteiger charge is 2.20. The molecule has 1 N–H and O–H groups in total. The van der Waals surface area contributed by atoms with Crippen LogP contribution >= 0.6 is 0 Å². The van der Waals surface area contributed by atoms with Gasteiger partial charge in [0.2, 0.25) is 0 Å². The Hall–Kier alpha value is -1.80. The van der Waals surface area contributed by atoms with Crippen LogP contribution in [-0.2, 0) is 6.54 Å². The van der Waals surface area contributed by atoms with Gasteiger partial charge in [-0.3, -0.25) is 0 Å². The van der Waals surface area contributed by atoms with E-state index in [1.165, 1.54) is 29.9 Å². The number of quaternary nitrogens is 1. The van der Waals surface area contributed by atoms with E-state index in [2.05, 4.69) is 66.4 Å². The molecular weight excluding hydrogens is 244 g/mol. The van der Waals surface area contributed by atoms with Crippen LogP contribution in [0.3, 0.4) is 0 Å². The van der Waals surface area contributed by atoms with Gasteiger partial charge in [-0.2, -0.15) is 0 Å². The maximum atomic E-state index is 2.50. The molecule has 1 heterocycles. The molecule has 0 aliphatic carbocycles. The first-order chi connectivity index (χ1) is 9.83. The second kappa shape index (κ2) is 6.10. The van der Waals surface area contributed by atoms with Crippen LogP contribution in [0.25, 0.3) is 0 Å². The quantitative estimate of drug-likeness (QED) is 0.892. The van der Waals surface area contributed by atoms with E-state index >= 15 is 0 Å². The lowest BCUT2D eigenvalue weighted by Gasteiger charge is -2.33. The van der Waals surface area contributed by atoms with Crippen LogP contribution in [0.5, 0.6) is 0 Å². The summed E-state index contributed by atoms with van der Waals surface area (Å²) in [6.45, 7) is 8.15. The lowest BCUT2D eigenvalue weighted by Crippen LogP contribution is -3.13. The number of benzene rings is 2. The number of para-hydroxylation sites is 1. The Morgan fingerprint density at radius 3 is 2.25 bits per heavy atom. The molecule has 1 aliphatic heterocycles. The second-order valence-corrected chi connectivity index (χ2v) is 5.68. The SMILES string of the molecule is Cc1ccccc1C[NH+]1CCN(c2ccccc2)CC1. The lowest BCUT2D eigenvalue weighted by molar-refractivity contribution is -0.914. The van der Waals surface area contributed by atoms with E-state index in [1.54, 1.807) is 4.90 Å². The number of piperazine rings is 1. The summed E-state index contributed by atoms with van der Waals surface area (Å²) in [4.78, 5) is 4.20. The smallest absolute Gasteiger partial charge is 0.103 e. The topological polar surface area (TPSA) is 7.68 Å². The highest BCUT2D eigenvalue weighted by Crippen LogP contribution is 2.12. The van der Waals surface area contributed by atoms with Gasteiger partial charge in [0.15, 0.2) is 0 Å². The predicted octanol–water partition coefficient (Wildman–Crippen LogP) is 1.90. The molecule has 0 radical (unpaired) electrons. The van der Waals surface area contributed by atoms with Gasteiger partial charge in [-0.05, 0) is 24.6 Å². The van der Waals surface area contributed by atoms with Crippen molar-refractivity contribution in [1.29, 1.82) is 0 Å². The van der Waals surface area contributed by atoms with Gasteiger partial charge in [0.1, 0.15) is 6.54 Å². The summed E-state index contributed by atoms with van der Waals surface area (Å²) in [5, 5.41) is 0. The minimum atomic E-state index is 1.16. The van der Waals surface area contributed by atoms with E-state index in [1.807, 2.05) is 0 Å². The Morgan fingerprint density at radius 2 is 1.55 bits per heavy atom. The lowest BCUT2D eigenvalue weighted by atomic mass is 10.1. The fourth-order valence-corrected chi connectivity index (χ4v) is 2.97. The second-order valence-electron chi connectivity index (χ2n) is 5.68. The molecule has 2 aromatic carbocycles. The molecule has 0 aromatic heterocycles. The first-order valence-corrected chi connectivity index (χ1v) is 7.51. The Morgan fingerprint density at radius 1 is 0.900 bits per heavy atom. The van der Waals surface area contributed by atoms with Gasteiger partial charge in [0, 0.05) is 11.3 Å². The van der Waals surface area contributed by atoms with Crippen molar-refractivity contribution in [1.82, 2.24) is 0 Å². The Balaban J connectivity index is 1.58. The molecule has 104 valence electrons. The predicted molar refractivity (Wildman–Crippen MR) is 84.2 cm³/mol. The van der Waals surface area contributed by atoms with Crippen LogP contribution in [0.4, 0.5) is 5.69 Å². The summed E-state index contributed by atoms with van der Waals surface area (Å²) in [6, 6.07) is 19.5. The zero-order valence-electron chi connectivity index (χ0n) is 12.2. The van der Waals surface area contributed by atoms with Crippen LogP contribution < -0.4 is 9.80 Å². The maximum absolute atomic E-state index is 2.50. The normalized spacial score (nSPS) is 16.4. The van der Waals surface area contributed by atoms with Crippen molar-refractivity contribution in [3.05, 3.63) is 65.7 Å². The number of hydrogen-bond acceptors (Lipinski definition) is 1. The molecule has 0 atom stereocenters. The molecule has 20 heavy (non-hydrogen) atoms. The van der Waals surface area contributed by atoms with Gasteiger partial charge in [0.05, 0.1) is 26.2 Å². The monoisotopic (exact) mass is 267 g/mol. The van der Waals surface area contributed by atoms with E-state index in [-0.39, 0.29) is 0 Å². The van der Waals surface area contributed by atoms with Crippen LogP contribution in [-0.4, -0.2) is 26.2 Å². The molecule has 3 rings (SSSR count). The highest BCUT2D eigenvalue weighted by molar-refractivity contribution is 5.46. The van der Waals surface area contributed by atoms with E-state index in [0.29, 0.717) is 0 Å². The minimum Gasteiger partial charge on any atom is -0.360 e. The first kappa shape index (κ1) is 13.2. The van der Waals surface area contributed by atoms with Crippen molar-refractivity contribution in [3.63, 3.8) is 0 Å². The summed E-state index contributed by atoms with van der Waals surface area (Å²) >= 11 is 0. The fraction of sp³-hybridized carbons (Fsp3) is 0.333. The third-order valence-electron chi connectivity index (χ3n) is 4.29. The largest absolute Gasteiger partial charge is 0.360 e. The van der Waals surface area contributed by atoms with Crippen molar-refractivity contribution in [2.24, 2.45) is 0 Å². The molecule has 1 saturated heterocycles. The van der Waals surface area contributed by atoms with Gasteiger partial charge >= 0.3 is 0 Å². The van der Waals surface area contributed by atoms with Crippen LogP contribution in [0.15, 0.2) is 54.6 Å².